The number of para-hydroxylation sites is 2. The first-order valence-electron chi connectivity index (χ1n) is 5.55. The van der Waals surface area contributed by atoms with E-state index < -0.39 is 6.09 Å². The van der Waals surface area contributed by atoms with Crippen molar-refractivity contribution >= 4 is 29.1 Å². The molecule has 0 aromatic heterocycles. The van der Waals surface area contributed by atoms with Gasteiger partial charge in [0.25, 0.3) is 0 Å². The molecule has 0 aliphatic heterocycles. The van der Waals surface area contributed by atoms with E-state index >= 15 is 0 Å². The van der Waals surface area contributed by atoms with Gasteiger partial charge in [0.15, 0.2) is 0 Å². The minimum absolute atomic E-state index is 0.336. The molecule has 1 amide bonds. The number of carbonyl (C=O) groups excluding carboxylic acids is 1. The van der Waals surface area contributed by atoms with E-state index in [1.165, 1.54) is 4.90 Å². The quantitative estimate of drug-likeness (QED) is 0.651. The summed E-state index contributed by atoms with van der Waals surface area (Å²) in [5.41, 5.74) is 7.06. The molecule has 0 saturated carbocycles. The van der Waals surface area contributed by atoms with E-state index in [9.17, 15) is 4.79 Å². The van der Waals surface area contributed by atoms with Crippen LogP contribution in [0, 0.1) is 0 Å². The maximum absolute atomic E-state index is 11.8. The monoisotopic (exact) mass is 256 g/mol. The van der Waals surface area contributed by atoms with Crippen LogP contribution in [0.2, 0.25) is 0 Å². The molecule has 0 bridgehead atoms. The highest BCUT2D eigenvalue weighted by atomic mass is 35.5. The van der Waals surface area contributed by atoms with Crippen LogP contribution in [0.5, 0.6) is 0 Å². The van der Waals surface area contributed by atoms with Gasteiger partial charge in [-0.3, -0.25) is 4.90 Å². The summed E-state index contributed by atoms with van der Waals surface area (Å²) in [6.45, 7) is 2.60. The van der Waals surface area contributed by atoms with E-state index in [-0.39, 0.29) is 0 Å². The van der Waals surface area contributed by atoms with Crippen LogP contribution in [0.25, 0.3) is 0 Å². The fourth-order valence-corrected chi connectivity index (χ4v) is 1.58. The summed E-state index contributed by atoms with van der Waals surface area (Å²) in [4.78, 5) is 13.3. The highest BCUT2D eigenvalue weighted by molar-refractivity contribution is 6.17. The Morgan fingerprint density at radius 1 is 1.47 bits per heavy atom. The molecule has 94 valence electrons. The van der Waals surface area contributed by atoms with Crippen molar-refractivity contribution < 1.29 is 9.53 Å². The first-order valence-corrected chi connectivity index (χ1v) is 6.09. The summed E-state index contributed by atoms with van der Waals surface area (Å²) >= 11 is 5.64. The average molecular weight is 257 g/mol. The lowest BCUT2D eigenvalue weighted by atomic mass is 10.2. The smallest absolute Gasteiger partial charge is 0.414 e. The number of alkyl halides is 1. The Morgan fingerprint density at radius 2 is 2.18 bits per heavy atom. The molecule has 5 heteroatoms. The van der Waals surface area contributed by atoms with Gasteiger partial charge in [-0.2, -0.15) is 0 Å². The minimum Gasteiger partial charge on any atom is -0.449 e. The molecule has 0 radical (unpaired) electrons. The summed E-state index contributed by atoms with van der Waals surface area (Å²) < 4.78 is 5.00. The first kappa shape index (κ1) is 13.6. The lowest BCUT2D eigenvalue weighted by Gasteiger charge is -2.22. The van der Waals surface area contributed by atoms with Crippen molar-refractivity contribution in [3.63, 3.8) is 0 Å². The zero-order valence-electron chi connectivity index (χ0n) is 9.86. The number of anilines is 2. The number of carbonyl (C=O) groups is 1. The van der Waals surface area contributed by atoms with Crippen molar-refractivity contribution in [3.8, 4) is 0 Å². The van der Waals surface area contributed by atoms with Gasteiger partial charge in [0.05, 0.1) is 18.0 Å². The normalized spacial score (nSPS) is 10.0. The highest BCUT2D eigenvalue weighted by Gasteiger charge is 2.18. The molecule has 0 aliphatic rings. The van der Waals surface area contributed by atoms with Crippen LogP contribution in [0.15, 0.2) is 24.3 Å². The molecule has 0 atom stereocenters. The largest absolute Gasteiger partial charge is 0.449 e. The number of hydrogen-bond acceptors (Lipinski definition) is 3. The van der Waals surface area contributed by atoms with Crippen molar-refractivity contribution in [2.75, 3.05) is 29.7 Å². The molecular formula is C12H17ClN2O2. The Kier molecular flexibility index (Phi) is 5.63. The van der Waals surface area contributed by atoms with Crippen molar-refractivity contribution in [2.45, 2.75) is 13.3 Å². The van der Waals surface area contributed by atoms with Crippen molar-refractivity contribution in [1.29, 1.82) is 0 Å². The van der Waals surface area contributed by atoms with Crippen LogP contribution in [0.3, 0.4) is 0 Å². The summed E-state index contributed by atoms with van der Waals surface area (Å²) in [6, 6.07) is 7.20. The fraction of sp³-hybridized carbons (Fsp3) is 0.417. The van der Waals surface area contributed by atoms with Crippen LogP contribution in [0.4, 0.5) is 16.2 Å². The molecule has 4 nitrogen and oxygen atoms in total. The SMILES string of the molecule is CCOC(=O)N(CCCCl)c1ccccc1N. The molecule has 1 aromatic carbocycles. The standard InChI is InChI=1S/C12H17ClN2O2/c1-2-17-12(16)15(9-5-8-13)11-7-4-3-6-10(11)14/h3-4,6-7H,2,5,8-9,14H2,1H3. The first-order chi connectivity index (χ1) is 8.20. The number of ether oxygens (including phenoxy) is 1. The topological polar surface area (TPSA) is 55.6 Å². The third-order valence-corrected chi connectivity index (χ3v) is 2.50. The number of nitrogens with two attached hydrogens (primary N) is 1. The van der Waals surface area contributed by atoms with Gasteiger partial charge in [-0.1, -0.05) is 12.1 Å². The fourth-order valence-electron chi connectivity index (χ4n) is 1.46. The molecule has 0 fully saturated rings. The molecule has 17 heavy (non-hydrogen) atoms. The van der Waals surface area contributed by atoms with Gasteiger partial charge in [0, 0.05) is 12.4 Å². The van der Waals surface area contributed by atoms with Gasteiger partial charge >= 0.3 is 6.09 Å². The molecule has 2 N–H and O–H groups in total. The predicted octanol–water partition coefficient (Wildman–Crippen LogP) is 2.86. The third kappa shape index (κ3) is 3.82. The second-order valence-electron chi connectivity index (χ2n) is 3.45. The van der Waals surface area contributed by atoms with E-state index in [0.29, 0.717) is 36.8 Å². The molecule has 1 aromatic rings. The van der Waals surface area contributed by atoms with E-state index in [4.69, 9.17) is 22.1 Å². The van der Waals surface area contributed by atoms with Crippen LogP contribution in [-0.4, -0.2) is 25.1 Å². The number of nitrogen functional groups attached to an aromatic ring is 1. The molecule has 1 rings (SSSR count). The zero-order valence-corrected chi connectivity index (χ0v) is 10.6. The maximum atomic E-state index is 11.8. The van der Waals surface area contributed by atoms with Crippen molar-refractivity contribution in [3.05, 3.63) is 24.3 Å². The van der Waals surface area contributed by atoms with Crippen LogP contribution in [0.1, 0.15) is 13.3 Å². The molecule has 0 unspecified atom stereocenters. The predicted molar refractivity (Wildman–Crippen MR) is 70.6 cm³/mol. The summed E-state index contributed by atoms with van der Waals surface area (Å²) in [5.74, 6) is 0.489. The summed E-state index contributed by atoms with van der Waals surface area (Å²) in [6.07, 6.45) is 0.296. The number of nitrogens with zero attached hydrogens (tertiary/aromatic N) is 1. The summed E-state index contributed by atoms with van der Waals surface area (Å²) in [7, 11) is 0. The maximum Gasteiger partial charge on any atom is 0.414 e. The number of rotatable bonds is 5. The van der Waals surface area contributed by atoms with E-state index in [1.54, 1.807) is 19.1 Å². The average Bonchev–Trinajstić information content (AvgIpc) is 2.32. The number of halogens is 1. The zero-order chi connectivity index (χ0) is 12.7. The molecular weight excluding hydrogens is 240 g/mol. The van der Waals surface area contributed by atoms with Gasteiger partial charge in [-0.15, -0.1) is 11.6 Å². The van der Waals surface area contributed by atoms with Crippen molar-refractivity contribution in [1.82, 2.24) is 0 Å². The number of amides is 1. The van der Waals surface area contributed by atoms with Gasteiger partial charge in [0.1, 0.15) is 0 Å². The van der Waals surface area contributed by atoms with Crippen LogP contribution in [-0.2, 0) is 4.74 Å². The Morgan fingerprint density at radius 3 is 2.76 bits per heavy atom. The lowest BCUT2D eigenvalue weighted by Crippen LogP contribution is -2.33. The molecule has 0 heterocycles. The Hall–Kier alpha value is -1.42. The van der Waals surface area contributed by atoms with Crippen molar-refractivity contribution in [2.24, 2.45) is 0 Å². The minimum atomic E-state index is -0.393. The third-order valence-electron chi connectivity index (χ3n) is 2.23. The molecule has 0 saturated heterocycles. The second-order valence-corrected chi connectivity index (χ2v) is 3.83. The van der Waals surface area contributed by atoms with Gasteiger partial charge in [-0.25, -0.2) is 4.79 Å². The summed E-state index contributed by atoms with van der Waals surface area (Å²) in [5, 5.41) is 0. The lowest BCUT2D eigenvalue weighted by molar-refractivity contribution is 0.160. The highest BCUT2D eigenvalue weighted by Crippen LogP contribution is 2.23. The number of hydrogen-bond donors (Lipinski definition) is 1. The van der Waals surface area contributed by atoms with Gasteiger partial charge in [-0.05, 0) is 25.5 Å². The van der Waals surface area contributed by atoms with Crippen LogP contribution >= 0.6 is 11.6 Å². The van der Waals surface area contributed by atoms with Gasteiger partial charge < -0.3 is 10.5 Å². The Labute approximate surface area is 106 Å². The van der Waals surface area contributed by atoms with E-state index in [2.05, 4.69) is 0 Å². The second kappa shape index (κ2) is 7.01. The number of benzene rings is 1. The Bertz CT molecular complexity index is 371. The molecule has 0 aliphatic carbocycles. The van der Waals surface area contributed by atoms with E-state index in [0.717, 1.165) is 0 Å². The Balaban J connectivity index is 2.89. The van der Waals surface area contributed by atoms with E-state index in [1.807, 2.05) is 12.1 Å². The molecule has 0 spiro atoms. The van der Waals surface area contributed by atoms with Gasteiger partial charge in [0.2, 0.25) is 0 Å². The van der Waals surface area contributed by atoms with Crippen LogP contribution < -0.4 is 10.6 Å².